The summed E-state index contributed by atoms with van der Waals surface area (Å²) in [5.41, 5.74) is 1.62. The normalized spacial score (nSPS) is 10.6. The first-order chi connectivity index (χ1) is 9.01. The van der Waals surface area contributed by atoms with Crippen LogP contribution in [0.1, 0.15) is 18.1 Å². The molecule has 0 aliphatic rings. The van der Waals surface area contributed by atoms with E-state index in [1.165, 1.54) is 6.07 Å². The minimum Gasteiger partial charge on any atom is -0.481 e. The van der Waals surface area contributed by atoms with E-state index < -0.39 is 18.2 Å². The Kier molecular flexibility index (Phi) is 3.55. The van der Waals surface area contributed by atoms with Gasteiger partial charge < -0.3 is 14.3 Å². The lowest BCUT2D eigenvalue weighted by Gasteiger charge is -2.11. The van der Waals surface area contributed by atoms with Crippen molar-refractivity contribution in [2.45, 2.75) is 20.3 Å². The second-order valence-electron chi connectivity index (χ2n) is 4.26. The van der Waals surface area contributed by atoms with E-state index in [1.807, 2.05) is 13.8 Å². The second-order valence-corrected chi connectivity index (χ2v) is 4.26. The summed E-state index contributed by atoms with van der Waals surface area (Å²) in [4.78, 5) is 22.1. The van der Waals surface area contributed by atoms with Crippen LogP contribution in [0.25, 0.3) is 11.0 Å². The fourth-order valence-electron chi connectivity index (χ4n) is 2.00. The number of aliphatic carboxylic acids is 1. The number of hydrogen-bond donors (Lipinski definition) is 1. The molecule has 0 unspecified atom stereocenters. The third-order valence-electron chi connectivity index (χ3n) is 2.77. The van der Waals surface area contributed by atoms with Crippen LogP contribution in [-0.2, 0) is 11.2 Å². The summed E-state index contributed by atoms with van der Waals surface area (Å²) in [7, 11) is 0. The zero-order valence-electron chi connectivity index (χ0n) is 10.7. The largest absolute Gasteiger partial charge is 0.481 e. The van der Waals surface area contributed by atoms with Gasteiger partial charge in [-0.15, -0.1) is 0 Å². The van der Waals surface area contributed by atoms with Crippen molar-refractivity contribution in [2.75, 3.05) is 6.61 Å². The van der Waals surface area contributed by atoms with Crippen LogP contribution in [0.2, 0.25) is 0 Å². The number of benzene rings is 1. The van der Waals surface area contributed by atoms with Crippen LogP contribution in [0.15, 0.2) is 27.4 Å². The number of fused-ring (bicyclic) bond motifs is 1. The molecule has 2 rings (SSSR count). The molecule has 0 atom stereocenters. The number of ether oxygens (including phenoxy) is 1. The maximum atomic E-state index is 11.5. The molecule has 1 aromatic heterocycles. The van der Waals surface area contributed by atoms with Crippen molar-refractivity contribution < 1.29 is 19.1 Å². The highest BCUT2D eigenvalue weighted by atomic mass is 16.5. The highest BCUT2D eigenvalue weighted by Gasteiger charge is 2.12. The topological polar surface area (TPSA) is 76.7 Å². The number of hydrogen-bond acceptors (Lipinski definition) is 4. The van der Waals surface area contributed by atoms with Gasteiger partial charge >= 0.3 is 11.6 Å². The molecular formula is C14H14O5. The zero-order valence-corrected chi connectivity index (χ0v) is 10.7. The molecule has 0 saturated carbocycles. The Bertz CT molecular complexity index is 684. The quantitative estimate of drug-likeness (QED) is 0.854. The molecule has 0 fully saturated rings. The van der Waals surface area contributed by atoms with Gasteiger partial charge in [-0.25, -0.2) is 9.59 Å². The lowest BCUT2D eigenvalue weighted by Crippen LogP contribution is -2.10. The maximum Gasteiger partial charge on any atom is 0.341 e. The average molecular weight is 262 g/mol. The number of aryl methyl sites for hydroxylation is 2. The van der Waals surface area contributed by atoms with E-state index >= 15 is 0 Å². The molecule has 0 saturated heterocycles. The molecular weight excluding hydrogens is 248 g/mol. The Morgan fingerprint density at radius 1 is 1.37 bits per heavy atom. The molecule has 5 nitrogen and oxygen atoms in total. The number of carboxylic acid groups (broad SMARTS) is 1. The van der Waals surface area contributed by atoms with Crippen molar-refractivity contribution in [3.05, 3.63) is 39.7 Å². The average Bonchev–Trinajstić information content (AvgIpc) is 2.33. The van der Waals surface area contributed by atoms with Gasteiger partial charge in [0.2, 0.25) is 0 Å². The predicted molar refractivity (Wildman–Crippen MR) is 69.7 cm³/mol. The van der Waals surface area contributed by atoms with Gasteiger partial charge in [0, 0.05) is 6.07 Å². The molecule has 0 amide bonds. The molecule has 0 radical (unpaired) electrons. The summed E-state index contributed by atoms with van der Waals surface area (Å²) in [5, 5.41) is 9.35. The Hall–Kier alpha value is -2.30. The third kappa shape index (κ3) is 2.76. The lowest BCUT2D eigenvalue weighted by atomic mass is 10.1. The van der Waals surface area contributed by atoms with E-state index in [0.717, 1.165) is 11.1 Å². The van der Waals surface area contributed by atoms with Gasteiger partial charge in [0.05, 0.1) is 5.39 Å². The Balaban J connectivity index is 2.67. The van der Waals surface area contributed by atoms with Crippen LogP contribution < -0.4 is 10.4 Å². The number of carbonyl (C=O) groups is 1. The van der Waals surface area contributed by atoms with Crippen molar-refractivity contribution in [1.82, 2.24) is 0 Å². The van der Waals surface area contributed by atoms with Gasteiger partial charge in [-0.3, -0.25) is 0 Å². The molecule has 1 heterocycles. The first-order valence-corrected chi connectivity index (χ1v) is 5.93. The molecule has 2 aromatic rings. The standard InChI is InChI=1S/C14H14O5/c1-3-9-6-13(17)19-11-5-8(2)4-10(14(9)11)18-7-12(15)16/h4-6H,3,7H2,1-2H3,(H,15,16). The van der Waals surface area contributed by atoms with Gasteiger partial charge in [-0.05, 0) is 36.6 Å². The van der Waals surface area contributed by atoms with Gasteiger partial charge in [-0.1, -0.05) is 6.92 Å². The van der Waals surface area contributed by atoms with Gasteiger partial charge in [0.1, 0.15) is 11.3 Å². The molecule has 0 spiro atoms. The van der Waals surface area contributed by atoms with Crippen molar-refractivity contribution in [3.63, 3.8) is 0 Å². The molecule has 0 aliphatic carbocycles. The number of carboxylic acids is 1. The van der Waals surface area contributed by atoms with Crippen LogP contribution in [-0.4, -0.2) is 17.7 Å². The Labute approximate surface area is 109 Å². The summed E-state index contributed by atoms with van der Waals surface area (Å²) in [6.45, 7) is 3.31. The monoisotopic (exact) mass is 262 g/mol. The summed E-state index contributed by atoms with van der Waals surface area (Å²) in [6.07, 6.45) is 0.634. The van der Waals surface area contributed by atoms with Crippen LogP contribution in [0.4, 0.5) is 0 Å². The predicted octanol–water partition coefficient (Wildman–Crippen LogP) is 2.13. The van der Waals surface area contributed by atoms with Crippen molar-refractivity contribution in [3.8, 4) is 5.75 Å². The van der Waals surface area contributed by atoms with E-state index in [4.69, 9.17) is 14.3 Å². The maximum absolute atomic E-state index is 11.5. The SMILES string of the molecule is CCc1cc(=O)oc2cc(C)cc(OCC(=O)O)c12. The Morgan fingerprint density at radius 3 is 2.74 bits per heavy atom. The van der Waals surface area contributed by atoms with Gasteiger partial charge in [0.15, 0.2) is 6.61 Å². The minimum absolute atomic E-state index is 0.417. The summed E-state index contributed by atoms with van der Waals surface area (Å²) < 4.78 is 10.4. The van der Waals surface area contributed by atoms with Crippen molar-refractivity contribution >= 4 is 16.9 Å². The first kappa shape index (κ1) is 13.1. The molecule has 1 N–H and O–H groups in total. The molecule has 100 valence electrons. The van der Waals surface area contributed by atoms with E-state index in [-0.39, 0.29) is 0 Å². The van der Waals surface area contributed by atoms with E-state index in [9.17, 15) is 9.59 Å². The van der Waals surface area contributed by atoms with E-state index in [1.54, 1.807) is 12.1 Å². The van der Waals surface area contributed by atoms with E-state index in [0.29, 0.717) is 23.1 Å². The molecule has 1 aromatic carbocycles. The fourth-order valence-corrected chi connectivity index (χ4v) is 2.00. The minimum atomic E-state index is -1.05. The molecule has 19 heavy (non-hydrogen) atoms. The smallest absolute Gasteiger partial charge is 0.341 e. The van der Waals surface area contributed by atoms with E-state index in [2.05, 4.69) is 0 Å². The Morgan fingerprint density at radius 2 is 2.11 bits per heavy atom. The first-order valence-electron chi connectivity index (χ1n) is 5.93. The highest BCUT2D eigenvalue weighted by Crippen LogP contribution is 2.30. The summed E-state index contributed by atoms with van der Waals surface area (Å²) >= 11 is 0. The second kappa shape index (κ2) is 5.14. The number of rotatable bonds is 4. The van der Waals surface area contributed by atoms with Gasteiger partial charge in [0.25, 0.3) is 0 Å². The summed E-state index contributed by atoms with van der Waals surface area (Å²) in [6, 6.07) is 4.89. The van der Waals surface area contributed by atoms with Crippen LogP contribution in [0, 0.1) is 6.92 Å². The molecule has 0 bridgehead atoms. The van der Waals surface area contributed by atoms with Crippen molar-refractivity contribution in [2.24, 2.45) is 0 Å². The fraction of sp³-hybridized carbons (Fsp3) is 0.286. The lowest BCUT2D eigenvalue weighted by molar-refractivity contribution is -0.139. The molecule has 0 aliphatic heterocycles. The van der Waals surface area contributed by atoms with Gasteiger partial charge in [-0.2, -0.15) is 0 Å². The van der Waals surface area contributed by atoms with Crippen LogP contribution >= 0.6 is 0 Å². The van der Waals surface area contributed by atoms with Crippen LogP contribution in [0.5, 0.6) is 5.75 Å². The highest BCUT2D eigenvalue weighted by molar-refractivity contribution is 5.87. The zero-order chi connectivity index (χ0) is 14.0. The third-order valence-corrected chi connectivity index (χ3v) is 2.77. The molecule has 5 heteroatoms. The van der Waals surface area contributed by atoms with Crippen LogP contribution in [0.3, 0.4) is 0 Å². The van der Waals surface area contributed by atoms with Crippen molar-refractivity contribution in [1.29, 1.82) is 0 Å². The summed E-state index contributed by atoms with van der Waals surface area (Å²) in [5.74, 6) is -0.622.